The molecule has 0 aliphatic heterocycles. The third-order valence-corrected chi connectivity index (χ3v) is 4.46. The van der Waals surface area contributed by atoms with Gasteiger partial charge in [0.25, 0.3) is 0 Å². The SMILES string of the molecule is COc1ccc(CCN(c2ccc(NC(C)=O)cc2)S(=O)[O-])cc1OC. The van der Waals surface area contributed by atoms with E-state index in [1.165, 1.54) is 11.2 Å². The highest BCUT2D eigenvalue weighted by Crippen LogP contribution is 2.28. The van der Waals surface area contributed by atoms with Crippen LogP contribution in [-0.2, 0) is 22.5 Å². The average molecular weight is 377 g/mol. The maximum Gasteiger partial charge on any atom is 0.221 e. The third-order valence-electron chi connectivity index (χ3n) is 3.71. The van der Waals surface area contributed by atoms with Crippen LogP contribution in [0.5, 0.6) is 11.5 Å². The summed E-state index contributed by atoms with van der Waals surface area (Å²) >= 11 is -2.42. The molecule has 1 atom stereocenters. The average Bonchev–Trinajstić information content (AvgIpc) is 2.62. The zero-order valence-electron chi connectivity index (χ0n) is 14.9. The van der Waals surface area contributed by atoms with Gasteiger partial charge in [0, 0.05) is 36.1 Å². The van der Waals surface area contributed by atoms with Crippen molar-refractivity contribution in [3.63, 3.8) is 0 Å². The number of carbonyl (C=O) groups excluding carboxylic acids is 1. The molecule has 0 heterocycles. The number of ether oxygens (including phenoxy) is 2. The molecule has 7 nitrogen and oxygen atoms in total. The van der Waals surface area contributed by atoms with Gasteiger partial charge >= 0.3 is 0 Å². The lowest BCUT2D eigenvalue weighted by Gasteiger charge is -2.26. The molecule has 2 aromatic rings. The molecule has 0 spiro atoms. The van der Waals surface area contributed by atoms with Crippen molar-refractivity contribution in [2.45, 2.75) is 13.3 Å². The van der Waals surface area contributed by atoms with Crippen LogP contribution in [0.1, 0.15) is 12.5 Å². The molecule has 2 rings (SSSR count). The molecule has 8 heteroatoms. The van der Waals surface area contributed by atoms with Gasteiger partial charge in [0.05, 0.1) is 14.2 Å². The van der Waals surface area contributed by atoms with E-state index < -0.39 is 11.3 Å². The molecule has 0 bridgehead atoms. The van der Waals surface area contributed by atoms with E-state index in [4.69, 9.17) is 9.47 Å². The molecule has 0 saturated carbocycles. The van der Waals surface area contributed by atoms with Crippen LogP contribution in [0, 0.1) is 0 Å². The van der Waals surface area contributed by atoms with Gasteiger partial charge in [-0.3, -0.25) is 9.00 Å². The van der Waals surface area contributed by atoms with Crippen LogP contribution >= 0.6 is 0 Å². The summed E-state index contributed by atoms with van der Waals surface area (Å²) in [5.74, 6) is 1.03. The Morgan fingerprint density at radius 2 is 1.77 bits per heavy atom. The van der Waals surface area contributed by atoms with Crippen molar-refractivity contribution in [2.24, 2.45) is 0 Å². The molecular weight excluding hydrogens is 356 g/mol. The van der Waals surface area contributed by atoms with Gasteiger partial charge in [-0.2, -0.15) is 0 Å². The Bertz CT molecular complexity index is 780. The van der Waals surface area contributed by atoms with E-state index in [0.29, 0.717) is 29.3 Å². The number of rotatable bonds is 8. The number of anilines is 2. The number of hydrogen-bond donors (Lipinski definition) is 1. The van der Waals surface area contributed by atoms with Gasteiger partial charge in [-0.15, -0.1) is 0 Å². The van der Waals surface area contributed by atoms with Crippen LogP contribution in [-0.4, -0.2) is 35.4 Å². The number of carbonyl (C=O) groups is 1. The highest BCUT2D eigenvalue weighted by Gasteiger charge is 2.10. The van der Waals surface area contributed by atoms with Gasteiger partial charge in [0.15, 0.2) is 11.5 Å². The zero-order valence-corrected chi connectivity index (χ0v) is 15.7. The second kappa shape index (κ2) is 9.21. The quantitative estimate of drug-likeness (QED) is 0.714. The van der Waals surface area contributed by atoms with E-state index >= 15 is 0 Å². The van der Waals surface area contributed by atoms with Crippen LogP contribution in [0.15, 0.2) is 42.5 Å². The standard InChI is InChI=1S/C18H22N2O5S/c1-13(21)19-15-5-7-16(8-6-15)20(26(22)23)11-10-14-4-9-17(24-2)18(12-14)25-3/h4-9,12H,10-11H2,1-3H3,(H,19,21)(H,22,23)/p-1. The van der Waals surface area contributed by atoms with Crippen LogP contribution < -0.4 is 19.1 Å². The van der Waals surface area contributed by atoms with E-state index in [2.05, 4.69) is 5.32 Å². The van der Waals surface area contributed by atoms with E-state index in [1.54, 1.807) is 44.6 Å². The van der Waals surface area contributed by atoms with E-state index in [-0.39, 0.29) is 12.5 Å². The van der Waals surface area contributed by atoms with Crippen LogP contribution in [0.25, 0.3) is 0 Å². The normalized spacial score (nSPS) is 11.5. The Labute approximate surface area is 155 Å². The summed E-state index contributed by atoms with van der Waals surface area (Å²) in [4.78, 5) is 11.1. The van der Waals surface area contributed by atoms with Crippen molar-refractivity contribution in [1.82, 2.24) is 0 Å². The van der Waals surface area contributed by atoms with Crippen molar-refractivity contribution in [1.29, 1.82) is 0 Å². The molecule has 0 saturated heterocycles. The number of benzene rings is 2. The summed E-state index contributed by atoms with van der Waals surface area (Å²) in [6, 6.07) is 12.1. The Morgan fingerprint density at radius 1 is 1.12 bits per heavy atom. The van der Waals surface area contributed by atoms with Crippen molar-refractivity contribution in [3.05, 3.63) is 48.0 Å². The van der Waals surface area contributed by atoms with Gasteiger partial charge in [-0.25, -0.2) is 0 Å². The smallest absolute Gasteiger partial charge is 0.221 e. The fraction of sp³-hybridized carbons (Fsp3) is 0.278. The topological polar surface area (TPSA) is 90.9 Å². The summed E-state index contributed by atoms with van der Waals surface area (Å²) in [5.41, 5.74) is 2.05. The molecule has 1 N–H and O–H groups in total. The minimum absolute atomic E-state index is 0.185. The van der Waals surface area contributed by atoms with Crippen LogP contribution in [0.4, 0.5) is 11.4 Å². The highest BCUT2D eigenvalue weighted by molar-refractivity contribution is 7.80. The predicted molar refractivity (Wildman–Crippen MR) is 100 cm³/mol. The Morgan fingerprint density at radius 3 is 2.31 bits per heavy atom. The number of amides is 1. The molecular formula is C18H21N2O5S-. The zero-order chi connectivity index (χ0) is 19.1. The minimum atomic E-state index is -2.42. The summed E-state index contributed by atoms with van der Waals surface area (Å²) < 4.78 is 35.0. The molecule has 2 aromatic carbocycles. The van der Waals surface area contributed by atoms with Crippen LogP contribution in [0.3, 0.4) is 0 Å². The predicted octanol–water partition coefficient (Wildman–Crippen LogP) is 2.51. The largest absolute Gasteiger partial charge is 0.755 e. The number of methoxy groups -OCH3 is 2. The summed E-state index contributed by atoms with van der Waals surface area (Å²) in [6.07, 6.45) is 0.502. The molecule has 0 aliphatic rings. The highest BCUT2D eigenvalue weighted by atomic mass is 32.2. The lowest BCUT2D eigenvalue weighted by molar-refractivity contribution is -0.114. The Kier molecular flexibility index (Phi) is 6.99. The molecule has 0 aromatic heterocycles. The lowest BCUT2D eigenvalue weighted by atomic mass is 10.1. The van der Waals surface area contributed by atoms with Gasteiger partial charge in [-0.05, 0) is 48.4 Å². The van der Waals surface area contributed by atoms with Crippen molar-refractivity contribution in [2.75, 3.05) is 30.4 Å². The van der Waals surface area contributed by atoms with Gasteiger partial charge in [0.1, 0.15) is 0 Å². The fourth-order valence-electron chi connectivity index (χ4n) is 2.47. The molecule has 140 valence electrons. The second-order valence-corrected chi connectivity index (χ2v) is 6.36. The number of nitrogens with zero attached hydrogens (tertiary/aromatic N) is 1. The minimum Gasteiger partial charge on any atom is -0.755 e. The van der Waals surface area contributed by atoms with Gasteiger partial charge in [-0.1, -0.05) is 6.07 Å². The van der Waals surface area contributed by atoms with Gasteiger partial charge < -0.3 is 23.6 Å². The summed E-state index contributed by atoms with van der Waals surface area (Å²) in [6.45, 7) is 1.68. The molecule has 1 unspecified atom stereocenters. The van der Waals surface area contributed by atoms with Gasteiger partial charge in [0.2, 0.25) is 5.91 Å². The third kappa shape index (κ3) is 5.21. The molecule has 26 heavy (non-hydrogen) atoms. The second-order valence-electron chi connectivity index (χ2n) is 5.49. The molecule has 0 fully saturated rings. The van der Waals surface area contributed by atoms with E-state index in [0.717, 1.165) is 5.56 Å². The monoisotopic (exact) mass is 377 g/mol. The maximum atomic E-state index is 11.6. The first kappa shape index (κ1) is 19.7. The first-order chi connectivity index (χ1) is 12.4. The molecule has 1 amide bonds. The lowest BCUT2D eigenvalue weighted by Crippen LogP contribution is -2.27. The first-order valence-corrected chi connectivity index (χ1v) is 8.93. The first-order valence-electron chi connectivity index (χ1n) is 7.90. The number of hydrogen-bond acceptors (Lipinski definition) is 5. The number of nitrogens with one attached hydrogen (secondary N) is 1. The maximum absolute atomic E-state index is 11.6. The van der Waals surface area contributed by atoms with Crippen LogP contribution in [0.2, 0.25) is 0 Å². The summed E-state index contributed by atoms with van der Waals surface area (Å²) in [5, 5.41) is 2.64. The van der Waals surface area contributed by atoms with Crippen molar-refractivity contribution >= 4 is 28.5 Å². The molecule has 0 aliphatic carbocycles. The van der Waals surface area contributed by atoms with E-state index in [1.807, 2.05) is 12.1 Å². The fourth-order valence-corrected chi connectivity index (χ4v) is 3.00. The summed E-state index contributed by atoms with van der Waals surface area (Å²) in [7, 11) is 3.11. The van der Waals surface area contributed by atoms with Crippen molar-refractivity contribution < 1.29 is 23.0 Å². The molecule has 0 radical (unpaired) electrons. The Hall–Kier alpha value is -2.58. The Balaban J connectivity index is 2.11. The van der Waals surface area contributed by atoms with E-state index in [9.17, 15) is 13.6 Å². The van der Waals surface area contributed by atoms with Crippen molar-refractivity contribution in [3.8, 4) is 11.5 Å².